The zero-order chi connectivity index (χ0) is 17.5. The highest BCUT2D eigenvalue weighted by atomic mass is 32.1. The quantitative estimate of drug-likeness (QED) is 0.649. The fraction of sp³-hybridized carbons (Fsp3) is 0.381. The highest BCUT2D eigenvalue weighted by Crippen LogP contribution is 2.36. The highest BCUT2D eigenvalue weighted by Gasteiger charge is 2.35. The number of hydrogen-bond acceptors (Lipinski definition) is 5. The number of nitrogens with zero attached hydrogens (tertiary/aromatic N) is 3. The molecule has 3 aromatic rings. The fourth-order valence-electron chi connectivity index (χ4n) is 4.52. The van der Waals surface area contributed by atoms with Crippen molar-refractivity contribution >= 4 is 27.4 Å². The van der Waals surface area contributed by atoms with Gasteiger partial charge in [0.15, 0.2) is 5.78 Å². The molecular formula is C21H21N3OS. The molecule has 6 rings (SSSR count). The summed E-state index contributed by atoms with van der Waals surface area (Å²) in [5, 5.41) is 0.999. The number of benzene rings is 1. The number of hydrogen-bond donors (Lipinski definition) is 0. The maximum absolute atomic E-state index is 12.9. The van der Waals surface area contributed by atoms with E-state index < -0.39 is 0 Å². The van der Waals surface area contributed by atoms with Crippen LogP contribution in [0.1, 0.15) is 29.8 Å². The molecule has 0 N–H and O–H groups in total. The summed E-state index contributed by atoms with van der Waals surface area (Å²) in [6, 6.07) is 10.3. The first-order valence-corrected chi connectivity index (χ1v) is 10.1. The topological polar surface area (TPSA) is 46.1 Å². The van der Waals surface area contributed by atoms with Crippen LogP contribution in [0, 0.1) is 11.8 Å². The molecule has 5 heteroatoms. The largest absolute Gasteiger partial charge is 0.303 e. The van der Waals surface area contributed by atoms with E-state index in [2.05, 4.69) is 32.5 Å². The van der Waals surface area contributed by atoms with Gasteiger partial charge in [0.1, 0.15) is 5.69 Å². The van der Waals surface area contributed by atoms with Gasteiger partial charge in [0.05, 0.1) is 4.70 Å². The molecule has 0 unspecified atom stereocenters. The summed E-state index contributed by atoms with van der Waals surface area (Å²) in [6.07, 6.45) is 6.76. The molecule has 0 radical (unpaired) electrons. The van der Waals surface area contributed by atoms with Gasteiger partial charge in [-0.3, -0.25) is 9.78 Å². The molecule has 1 aromatic carbocycles. The van der Waals surface area contributed by atoms with E-state index in [9.17, 15) is 4.79 Å². The molecule has 2 aromatic heterocycles. The Balaban J connectivity index is 1.40. The minimum absolute atomic E-state index is 0.215. The van der Waals surface area contributed by atoms with Crippen molar-refractivity contribution < 1.29 is 4.79 Å². The van der Waals surface area contributed by atoms with E-state index in [-0.39, 0.29) is 5.78 Å². The predicted octanol–water partition coefficient (Wildman–Crippen LogP) is 4.27. The van der Waals surface area contributed by atoms with Gasteiger partial charge in [-0.1, -0.05) is 12.1 Å². The number of fused-ring (bicyclic) bond motifs is 4. The van der Waals surface area contributed by atoms with Crippen LogP contribution in [-0.4, -0.2) is 39.7 Å². The van der Waals surface area contributed by atoms with Crippen molar-refractivity contribution in [3.8, 4) is 11.1 Å². The SMILES string of the molecule is O=C(C[C@@H]1CN2CCC1CC2)c1nsc2cc(-c3ccncc3)ccc12. The number of carbonyl (C=O) groups excluding carboxylic acids is 1. The maximum atomic E-state index is 12.9. The normalized spacial score (nSPS) is 24.8. The van der Waals surface area contributed by atoms with Crippen LogP contribution in [0.25, 0.3) is 21.2 Å². The Morgan fingerprint density at radius 3 is 2.65 bits per heavy atom. The third-order valence-corrected chi connectivity index (χ3v) is 6.80. The van der Waals surface area contributed by atoms with Crippen molar-refractivity contribution in [2.45, 2.75) is 19.3 Å². The number of ketones is 1. The zero-order valence-electron chi connectivity index (χ0n) is 14.6. The van der Waals surface area contributed by atoms with E-state index in [0.29, 0.717) is 18.0 Å². The average molecular weight is 363 g/mol. The first kappa shape index (κ1) is 16.1. The molecule has 4 nitrogen and oxygen atoms in total. The Labute approximate surface area is 157 Å². The van der Waals surface area contributed by atoms with Crippen molar-refractivity contribution in [2.75, 3.05) is 19.6 Å². The number of piperidine rings is 3. The Bertz CT molecular complexity index is 944. The maximum Gasteiger partial charge on any atom is 0.183 e. The Kier molecular flexibility index (Phi) is 4.06. The van der Waals surface area contributed by atoms with Crippen molar-refractivity contribution in [3.63, 3.8) is 0 Å². The van der Waals surface area contributed by atoms with Gasteiger partial charge < -0.3 is 4.90 Å². The van der Waals surface area contributed by atoms with E-state index in [4.69, 9.17) is 0 Å². The zero-order valence-corrected chi connectivity index (χ0v) is 15.4. The summed E-state index contributed by atoms with van der Waals surface area (Å²) < 4.78 is 5.60. The molecule has 1 atom stereocenters. The number of Topliss-reactive ketones (excluding diaryl/α,β-unsaturated/α-hetero) is 1. The lowest BCUT2D eigenvalue weighted by molar-refractivity contribution is 0.0440. The smallest absolute Gasteiger partial charge is 0.183 e. The highest BCUT2D eigenvalue weighted by molar-refractivity contribution is 7.13. The van der Waals surface area contributed by atoms with Crippen molar-refractivity contribution in [3.05, 3.63) is 48.4 Å². The van der Waals surface area contributed by atoms with Crippen LogP contribution in [0.4, 0.5) is 0 Å². The van der Waals surface area contributed by atoms with Crippen molar-refractivity contribution in [2.24, 2.45) is 11.8 Å². The van der Waals surface area contributed by atoms with E-state index in [1.807, 2.05) is 12.1 Å². The molecule has 0 aliphatic carbocycles. The van der Waals surface area contributed by atoms with Crippen LogP contribution in [0.2, 0.25) is 0 Å². The molecule has 2 bridgehead atoms. The molecule has 0 saturated carbocycles. The minimum Gasteiger partial charge on any atom is -0.303 e. The summed E-state index contributed by atoms with van der Waals surface area (Å²) in [6.45, 7) is 3.52. The molecule has 26 heavy (non-hydrogen) atoms. The minimum atomic E-state index is 0.215. The Hall–Kier alpha value is -2.11. The summed E-state index contributed by atoms with van der Waals surface area (Å²) in [4.78, 5) is 19.5. The number of rotatable bonds is 4. The van der Waals surface area contributed by atoms with Gasteiger partial charge in [0.25, 0.3) is 0 Å². The lowest BCUT2D eigenvalue weighted by atomic mass is 9.76. The van der Waals surface area contributed by atoms with E-state index in [1.54, 1.807) is 12.4 Å². The lowest BCUT2D eigenvalue weighted by Gasteiger charge is -2.44. The molecule has 3 fully saturated rings. The average Bonchev–Trinajstić information content (AvgIpc) is 3.13. The molecular weight excluding hydrogens is 342 g/mol. The lowest BCUT2D eigenvalue weighted by Crippen LogP contribution is -2.47. The van der Waals surface area contributed by atoms with E-state index in [1.165, 1.54) is 37.5 Å². The molecule has 132 valence electrons. The molecule has 3 saturated heterocycles. The second kappa shape index (κ2) is 6.56. The molecule has 3 aliphatic rings. The van der Waals surface area contributed by atoms with Gasteiger partial charge in [-0.25, -0.2) is 0 Å². The van der Waals surface area contributed by atoms with Gasteiger partial charge in [0.2, 0.25) is 0 Å². The van der Waals surface area contributed by atoms with Gasteiger partial charge in [-0.05, 0) is 78.6 Å². The second-order valence-electron chi connectivity index (χ2n) is 7.50. The summed E-state index contributed by atoms with van der Waals surface area (Å²) in [5.41, 5.74) is 2.94. The van der Waals surface area contributed by atoms with E-state index in [0.717, 1.165) is 33.7 Å². The van der Waals surface area contributed by atoms with Crippen LogP contribution < -0.4 is 0 Å². The molecule has 3 aliphatic heterocycles. The van der Waals surface area contributed by atoms with Gasteiger partial charge >= 0.3 is 0 Å². The number of aromatic nitrogens is 2. The summed E-state index contributed by atoms with van der Waals surface area (Å²) in [7, 11) is 0. The van der Waals surface area contributed by atoms with Gasteiger partial charge in [-0.15, -0.1) is 0 Å². The number of carbonyl (C=O) groups is 1. The van der Waals surface area contributed by atoms with Gasteiger partial charge in [-0.2, -0.15) is 4.37 Å². The standard InChI is InChI=1S/C21H21N3OS/c25-19(11-17-13-24-9-5-15(17)6-10-24)21-18-2-1-16(12-20(18)26-23-21)14-3-7-22-8-4-14/h1-4,7-8,12,15,17H,5-6,9-11,13H2/t17-/m1/s1. The van der Waals surface area contributed by atoms with Crippen LogP contribution in [0.3, 0.4) is 0 Å². The third kappa shape index (κ3) is 2.85. The monoisotopic (exact) mass is 363 g/mol. The molecule has 0 amide bonds. The van der Waals surface area contributed by atoms with Crippen LogP contribution in [0.5, 0.6) is 0 Å². The first-order valence-electron chi connectivity index (χ1n) is 9.33. The second-order valence-corrected chi connectivity index (χ2v) is 8.31. The summed E-state index contributed by atoms with van der Waals surface area (Å²) >= 11 is 1.43. The van der Waals surface area contributed by atoms with Crippen LogP contribution in [-0.2, 0) is 0 Å². The predicted molar refractivity (Wildman–Crippen MR) is 104 cm³/mol. The first-order chi connectivity index (χ1) is 12.8. The fourth-order valence-corrected chi connectivity index (χ4v) is 5.35. The summed E-state index contributed by atoms with van der Waals surface area (Å²) in [5.74, 6) is 1.46. The Morgan fingerprint density at radius 1 is 1.12 bits per heavy atom. The van der Waals surface area contributed by atoms with Crippen molar-refractivity contribution in [1.29, 1.82) is 0 Å². The van der Waals surface area contributed by atoms with E-state index >= 15 is 0 Å². The Morgan fingerprint density at radius 2 is 1.92 bits per heavy atom. The number of pyridine rings is 1. The third-order valence-electron chi connectivity index (χ3n) is 5.99. The molecule has 5 heterocycles. The van der Waals surface area contributed by atoms with Gasteiger partial charge in [0, 0.05) is 30.7 Å². The van der Waals surface area contributed by atoms with Crippen LogP contribution in [0.15, 0.2) is 42.7 Å². The van der Waals surface area contributed by atoms with Crippen LogP contribution >= 0.6 is 11.5 Å². The van der Waals surface area contributed by atoms with Crippen molar-refractivity contribution in [1.82, 2.24) is 14.3 Å². The molecule has 0 spiro atoms.